The number of hydrogen-bond acceptors (Lipinski definition) is 2. The Hall–Kier alpha value is -0.600. The molecule has 0 radical (unpaired) electrons. The van der Waals surface area contributed by atoms with Crippen molar-refractivity contribution >= 4 is 0 Å². The molecule has 1 atom stereocenters. The van der Waals surface area contributed by atoms with Gasteiger partial charge in [-0.2, -0.15) is 0 Å². The van der Waals surface area contributed by atoms with Gasteiger partial charge in [-0.15, -0.1) is 0 Å². The van der Waals surface area contributed by atoms with Gasteiger partial charge in [-0.1, -0.05) is 12.2 Å². The highest BCUT2D eigenvalue weighted by molar-refractivity contribution is 5.41. The third-order valence-electron chi connectivity index (χ3n) is 2.32. The monoisotopic (exact) mass is 151 g/mol. The molecular weight excluding hydrogens is 138 g/mol. The van der Waals surface area contributed by atoms with E-state index in [9.17, 15) is 0 Å². The van der Waals surface area contributed by atoms with Crippen LogP contribution in [0.4, 0.5) is 0 Å². The van der Waals surface area contributed by atoms with Gasteiger partial charge in [0, 0.05) is 6.54 Å². The summed E-state index contributed by atoms with van der Waals surface area (Å²) in [5, 5.41) is 0. The molecule has 0 aromatic carbocycles. The lowest BCUT2D eigenvalue weighted by atomic mass is 9.99. The molecule has 2 heteroatoms. The maximum Gasteiger partial charge on any atom is 0.0946 e. The van der Waals surface area contributed by atoms with Gasteiger partial charge in [0.2, 0.25) is 0 Å². The largest absolute Gasteiger partial charge is 0.372 e. The molecule has 1 unspecified atom stereocenters. The van der Waals surface area contributed by atoms with Gasteiger partial charge in [-0.05, 0) is 24.0 Å². The Labute approximate surface area is 66.7 Å². The van der Waals surface area contributed by atoms with Gasteiger partial charge in [0.1, 0.15) is 0 Å². The Morgan fingerprint density at radius 3 is 3.27 bits per heavy atom. The number of allylic oxidation sites excluding steroid dienone is 2. The van der Waals surface area contributed by atoms with Crippen LogP contribution in [0.1, 0.15) is 12.8 Å². The molecule has 1 aliphatic heterocycles. The molecule has 1 fully saturated rings. The standard InChI is InChI=1S/C9H13NO/c10-6-9-8-3-1-2-7(8)4-5-11-9/h2-3,9H,1,4-6,10H2. The minimum atomic E-state index is 0.178. The molecule has 1 aliphatic carbocycles. The van der Waals surface area contributed by atoms with Crippen LogP contribution in [0.2, 0.25) is 0 Å². The smallest absolute Gasteiger partial charge is 0.0946 e. The lowest BCUT2D eigenvalue weighted by molar-refractivity contribution is 0.0731. The molecule has 2 rings (SSSR count). The maximum absolute atomic E-state index is 5.57. The van der Waals surface area contributed by atoms with E-state index in [0.717, 1.165) is 19.4 Å². The lowest BCUT2D eigenvalue weighted by Crippen LogP contribution is -2.30. The highest BCUT2D eigenvalue weighted by Crippen LogP contribution is 2.30. The fraction of sp³-hybridized carbons (Fsp3) is 0.556. The van der Waals surface area contributed by atoms with Crippen LogP contribution >= 0.6 is 0 Å². The summed E-state index contributed by atoms with van der Waals surface area (Å²) in [4.78, 5) is 0. The van der Waals surface area contributed by atoms with Crippen molar-refractivity contribution in [3.05, 3.63) is 23.3 Å². The predicted octanol–water partition coefficient (Wildman–Crippen LogP) is 0.990. The average Bonchev–Trinajstić information content (AvgIpc) is 2.50. The normalized spacial score (nSPS) is 29.4. The Bertz CT molecular complexity index is 218. The van der Waals surface area contributed by atoms with E-state index in [2.05, 4.69) is 12.2 Å². The fourth-order valence-corrected chi connectivity index (χ4v) is 1.76. The molecule has 60 valence electrons. The summed E-state index contributed by atoms with van der Waals surface area (Å²) in [5.41, 5.74) is 8.38. The summed E-state index contributed by atoms with van der Waals surface area (Å²) in [6, 6.07) is 0. The summed E-state index contributed by atoms with van der Waals surface area (Å²) in [7, 11) is 0. The second-order valence-corrected chi connectivity index (χ2v) is 2.97. The van der Waals surface area contributed by atoms with E-state index in [1.54, 1.807) is 0 Å². The zero-order valence-electron chi connectivity index (χ0n) is 6.55. The molecule has 2 N–H and O–H groups in total. The zero-order chi connectivity index (χ0) is 7.68. The molecule has 0 saturated carbocycles. The third-order valence-corrected chi connectivity index (χ3v) is 2.32. The van der Waals surface area contributed by atoms with E-state index in [-0.39, 0.29) is 6.10 Å². The lowest BCUT2D eigenvalue weighted by Gasteiger charge is -2.25. The Morgan fingerprint density at radius 1 is 1.55 bits per heavy atom. The van der Waals surface area contributed by atoms with Gasteiger partial charge in [-0.25, -0.2) is 0 Å². The van der Waals surface area contributed by atoms with Gasteiger partial charge in [-0.3, -0.25) is 0 Å². The first-order valence-corrected chi connectivity index (χ1v) is 4.13. The van der Waals surface area contributed by atoms with E-state index >= 15 is 0 Å². The van der Waals surface area contributed by atoms with Crippen LogP contribution in [0, 0.1) is 0 Å². The second-order valence-electron chi connectivity index (χ2n) is 2.97. The summed E-state index contributed by atoms with van der Waals surface area (Å²) < 4.78 is 5.51. The number of rotatable bonds is 1. The van der Waals surface area contributed by atoms with Crippen molar-refractivity contribution in [3.63, 3.8) is 0 Å². The summed E-state index contributed by atoms with van der Waals surface area (Å²) in [5.74, 6) is 0. The zero-order valence-corrected chi connectivity index (χ0v) is 6.55. The van der Waals surface area contributed by atoms with Crippen molar-refractivity contribution in [2.75, 3.05) is 13.2 Å². The molecule has 0 aromatic heterocycles. The first-order valence-electron chi connectivity index (χ1n) is 4.13. The molecule has 2 aliphatic rings. The molecule has 0 bridgehead atoms. The predicted molar refractivity (Wildman–Crippen MR) is 44.2 cm³/mol. The van der Waals surface area contributed by atoms with E-state index in [1.807, 2.05) is 0 Å². The average molecular weight is 151 g/mol. The van der Waals surface area contributed by atoms with E-state index < -0.39 is 0 Å². The Morgan fingerprint density at radius 2 is 2.45 bits per heavy atom. The Balaban J connectivity index is 2.20. The van der Waals surface area contributed by atoms with Crippen LogP contribution in [0.3, 0.4) is 0 Å². The highest BCUT2D eigenvalue weighted by Gasteiger charge is 2.23. The molecule has 1 heterocycles. The van der Waals surface area contributed by atoms with Gasteiger partial charge in [0.15, 0.2) is 0 Å². The fourth-order valence-electron chi connectivity index (χ4n) is 1.76. The maximum atomic E-state index is 5.57. The van der Waals surface area contributed by atoms with Crippen LogP contribution in [0.15, 0.2) is 23.3 Å². The third kappa shape index (κ3) is 1.12. The summed E-state index contributed by atoms with van der Waals surface area (Å²) >= 11 is 0. The second kappa shape index (κ2) is 2.80. The molecule has 0 spiro atoms. The van der Waals surface area contributed by atoms with E-state index in [1.165, 1.54) is 11.1 Å². The molecular formula is C9H13NO. The highest BCUT2D eigenvalue weighted by atomic mass is 16.5. The molecule has 11 heavy (non-hydrogen) atoms. The van der Waals surface area contributed by atoms with Crippen molar-refractivity contribution in [1.82, 2.24) is 0 Å². The van der Waals surface area contributed by atoms with Gasteiger partial charge in [0.05, 0.1) is 12.7 Å². The van der Waals surface area contributed by atoms with Crippen molar-refractivity contribution in [2.24, 2.45) is 5.73 Å². The van der Waals surface area contributed by atoms with Gasteiger partial charge in [0.25, 0.3) is 0 Å². The quantitative estimate of drug-likeness (QED) is 0.606. The number of nitrogens with two attached hydrogens (primary N) is 1. The summed E-state index contributed by atoms with van der Waals surface area (Å²) in [6.45, 7) is 1.45. The molecule has 0 aromatic rings. The minimum Gasteiger partial charge on any atom is -0.372 e. The van der Waals surface area contributed by atoms with Crippen LogP contribution in [-0.4, -0.2) is 19.3 Å². The minimum absolute atomic E-state index is 0.178. The topological polar surface area (TPSA) is 35.2 Å². The number of fused-ring (bicyclic) bond motifs is 1. The Kier molecular flexibility index (Phi) is 1.80. The van der Waals surface area contributed by atoms with Crippen LogP contribution in [0.25, 0.3) is 0 Å². The molecule has 0 amide bonds. The van der Waals surface area contributed by atoms with Gasteiger partial charge >= 0.3 is 0 Å². The van der Waals surface area contributed by atoms with Crippen LogP contribution in [-0.2, 0) is 4.74 Å². The first kappa shape index (κ1) is 7.07. The van der Waals surface area contributed by atoms with Crippen molar-refractivity contribution in [1.29, 1.82) is 0 Å². The number of hydrogen-bond donors (Lipinski definition) is 1. The first-order chi connectivity index (χ1) is 5.42. The van der Waals surface area contributed by atoms with Crippen molar-refractivity contribution in [2.45, 2.75) is 18.9 Å². The number of ether oxygens (including phenoxy) is 1. The summed E-state index contributed by atoms with van der Waals surface area (Å²) in [6.07, 6.45) is 6.83. The van der Waals surface area contributed by atoms with Crippen molar-refractivity contribution in [3.8, 4) is 0 Å². The van der Waals surface area contributed by atoms with E-state index in [4.69, 9.17) is 10.5 Å². The van der Waals surface area contributed by atoms with Crippen LogP contribution in [0.5, 0.6) is 0 Å². The van der Waals surface area contributed by atoms with Gasteiger partial charge < -0.3 is 10.5 Å². The molecule has 1 saturated heterocycles. The van der Waals surface area contributed by atoms with E-state index in [0.29, 0.717) is 6.54 Å². The van der Waals surface area contributed by atoms with Crippen molar-refractivity contribution < 1.29 is 4.74 Å². The van der Waals surface area contributed by atoms with Crippen LogP contribution < -0.4 is 5.73 Å². The molecule has 2 nitrogen and oxygen atoms in total. The SMILES string of the molecule is NCC1OCCC2=CCC=C21.